The van der Waals surface area contributed by atoms with Crippen molar-refractivity contribution < 1.29 is 33.8 Å². The van der Waals surface area contributed by atoms with E-state index in [1.807, 2.05) is 13.8 Å². The van der Waals surface area contributed by atoms with Gasteiger partial charge in [0.05, 0.1) is 17.3 Å². The molecule has 10 nitrogen and oxygen atoms in total. The highest BCUT2D eigenvalue weighted by Crippen LogP contribution is 2.76. The number of urea groups is 1. The molecule has 0 heterocycles. The summed E-state index contributed by atoms with van der Waals surface area (Å²) < 4.78 is 6.14. The molecule has 0 aromatic rings. The van der Waals surface area contributed by atoms with Gasteiger partial charge in [-0.1, -0.05) is 48.5 Å². The third-order valence-electron chi connectivity index (χ3n) is 15.4. The highest BCUT2D eigenvalue weighted by Gasteiger charge is 2.71. The third kappa shape index (κ3) is 6.39. The molecule has 5 aliphatic carbocycles. The minimum atomic E-state index is -1.18. The maximum Gasteiger partial charge on any atom is 0.315 e. The number of rotatable bonds is 10. The van der Waals surface area contributed by atoms with Crippen LogP contribution < -0.4 is 16.0 Å². The van der Waals surface area contributed by atoms with Crippen molar-refractivity contribution in [1.82, 2.24) is 16.0 Å². The van der Waals surface area contributed by atoms with Crippen LogP contribution in [0, 0.1) is 56.2 Å². The smallest absolute Gasteiger partial charge is 0.315 e. The Bertz CT molecular complexity index is 1510. The Morgan fingerprint density at radius 2 is 1.50 bits per heavy atom. The summed E-state index contributed by atoms with van der Waals surface area (Å²) in [7, 11) is 0. The van der Waals surface area contributed by atoms with Crippen LogP contribution in [0.2, 0.25) is 0 Å². The first kappa shape index (κ1) is 40.3. The molecule has 10 heteroatoms. The monoisotopic (exact) mass is 725 g/mol. The zero-order valence-electron chi connectivity index (χ0n) is 33.8. The number of aliphatic carboxylic acids is 1. The zero-order valence-corrected chi connectivity index (χ0v) is 33.8. The Morgan fingerprint density at radius 1 is 0.846 bits per heavy atom. The molecule has 0 unspecified atom stereocenters. The summed E-state index contributed by atoms with van der Waals surface area (Å²) in [6, 6.07) is -0.247. The summed E-state index contributed by atoms with van der Waals surface area (Å²) in [5, 5.41) is 18.4. The lowest BCUT2D eigenvalue weighted by atomic mass is 9.33. The fraction of sp³-hybridized carbons (Fsp3) is 0.833. The molecule has 0 aromatic heterocycles. The number of carboxylic acid groups (broad SMARTS) is 1. The number of carbonyl (C=O) groups is 5. The second-order valence-corrected chi connectivity index (χ2v) is 19.8. The first-order chi connectivity index (χ1) is 24.0. The number of hydrogen-bond acceptors (Lipinski definition) is 6. The number of hydrogen-bond donors (Lipinski definition) is 4. The molecule has 0 spiro atoms. The molecule has 0 aromatic carbocycles. The van der Waals surface area contributed by atoms with Crippen molar-refractivity contribution in [3.05, 3.63) is 11.1 Å². The first-order valence-corrected chi connectivity index (χ1v) is 20.0. The van der Waals surface area contributed by atoms with E-state index in [0.29, 0.717) is 31.3 Å². The van der Waals surface area contributed by atoms with E-state index in [4.69, 9.17) is 4.74 Å². The van der Waals surface area contributed by atoms with E-state index in [0.717, 1.165) is 56.1 Å². The molecule has 5 aliphatic rings. The van der Waals surface area contributed by atoms with Crippen molar-refractivity contribution in [3.8, 4) is 0 Å². The van der Waals surface area contributed by atoms with Gasteiger partial charge in [0.1, 0.15) is 6.10 Å². The Balaban J connectivity index is 1.39. The van der Waals surface area contributed by atoms with Crippen molar-refractivity contribution in [1.29, 1.82) is 0 Å². The quantitative estimate of drug-likeness (QED) is 0.137. The van der Waals surface area contributed by atoms with Gasteiger partial charge in [0.25, 0.3) is 0 Å². The van der Waals surface area contributed by atoms with Gasteiger partial charge in [-0.25, -0.2) is 4.79 Å². The van der Waals surface area contributed by atoms with Gasteiger partial charge in [-0.05, 0) is 130 Å². The standard InChI is InChI=1S/C42H67N3O7/c1-24(2)32-27(46)22-42(34(48)43-20-21-44-36(51)45-25(3)4)19-18-40(10)26(33(32)42)12-13-29-39(9)16-15-30(52-31(47)23-37(5,6)35(49)50)38(7,8)28(39)14-17-41(29,40)11/h24-26,28-30H,12-23H2,1-11H3,(H,43,48)(H,49,50)(H2,44,45,51)/t26-,28+,29-,30+,39+,40-,41-,42-/m1/s1. The van der Waals surface area contributed by atoms with E-state index in [9.17, 15) is 29.1 Å². The largest absolute Gasteiger partial charge is 0.481 e. The molecule has 4 N–H and O–H groups in total. The molecular weight excluding hydrogens is 658 g/mol. The van der Waals surface area contributed by atoms with Crippen molar-refractivity contribution in [2.45, 2.75) is 153 Å². The van der Waals surface area contributed by atoms with Crippen LogP contribution in [0.1, 0.15) is 140 Å². The average Bonchev–Trinajstić information content (AvgIpc) is 3.33. The number of carboxylic acids is 1. The van der Waals surface area contributed by atoms with Crippen LogP contribution in [0.4, 0.5) is 4.79 Å². The molecule has 5 rings (SSSR count). The fourth-order valence-corrected chi connectivity index (χ4v) is 12.6. The normalized spacial score (nSPS) is 36.7. The summed E-state index contributed by atoms with van der Waals surface area (Å²) in [4.78, 5) is 65.1. The SMILES string of the molecule is CC(C)NC(=O)NCCNC(=O)[C@@]12CC[C@]3(C)[C@H](CC[C@@H]4[C@@]5(C)CC[C@H](OC(=O)CC(C)(C)C(=O)O)C(C)(C)[C@@H]5CC[C@]43C)C1=C(C(C)C)C(=O)C2. The minimum absolute atomic E-state index is 0.0106. The Kier molecular flexibility index (Phi) is 10.6. The van der Waals surface area contributed by atoms with Gasteiger partial charge in [0.15, 0.2) is 5.78 Å². The topological polar surface area (TPSA) is 151 Å². The molecule has 0 saturated heterocycles. The van der Waals surface area contributed by atoms with Crippen molar-refractivity contribution in [2.24, 2.45) is 56.2 Å². The van der Waals surface area contributed by atoms with Gasteiger partial charge < -0.3 is 25.8 Å². The van der Waals surface area contributed by atoms with E-state index in [2.05, 4.69) is 64.4 Å². The molecule has 0 bridgehead atoms. The van der Waals surface area contributed by atoms with Crippen LogP contribution in [-0.4, -0.2) is 60.0 Å². The lowest BCUT2D eigenvalue weighted by Gasteiger charge is -2.72. The van der Waals surface area contributed by atoms with Gasteiger partial charge >= 0.3 is 18.0 Å². The van der Waals surface area contributed by atoms with E-state index >= 15 is 0 Å². The molecule has 3 amide bonds. The molecular formula is C42H67N3O7. The highest BCUT2D eigenvalue weighted by atomic mass is 16.5. The number of Topliss-reactive ketones (excluding diaryl/α,β-unsaturated/α-hetero) is 1. The van der Waals surface area contributed by atoms with Crippen LogP contribution in [0.15, 0.2) is 11.1 Å². The van der Waals surface area contributed by atoms with Crippen LogP contribution in [0.25, 0.3) is 0 Å². The second kappa shape index (κ2) is 13.7. The van der Waals surface area contributed by atoms with Crippen LogP contribution in [0.5, 0.6) is 0 Å². The Morgan fingerprint density at radius 3 is 2.12 bits per heavy atom. The molecule has 0 radical (unpaired) electrons. The van der Waals surface area contributed by atoms with Gasteiger partial charge in [0.2, 0.25) is 5.91 Å². The van der Waals surface area contributed by atoms with E-state index in [1.165, 1.54) is 0 Å². The summed E-state index contributed by atoms with van der Waals surface area (Å²) in [5.74, 6) is -0.478. The maximum atomic E-state index is 14.3. The van der Waals surface area contributed by atoms with Crippen LogP contribution in [-0.2, 0) is 23.9 Å². The Hall–Kier alpha value is -2.91. The van der Waals surface area contributed by atoms with Crippen molar-refractivity contribution in [2.75, 3.05) is 13.1 Å². The zero-order chi connectivity index (χ0) is 38.8. The summed E-state index contributed by atoms with van der Waals surface area (Å²) in [5.41, 5.74) is -0.401. The molecule has 8 atom stereocenters. The molecule has 0 aliphatic heterocycles. The van der Waals surface area contributed by atoms with E-state index in [-0.39, 0.29) is 76.2 Å². The van der Waals surface area contributed by atoms with Gasteiger partial charge in [-0.2, -0.15) is 0 Å². The summed E-state index contributed by atoms with van der Waals surface area (Å²) in [6.45, 7) is 23.6. The lowest BCUT2D eigenvalue weighted by Crippen LogP contribution is -2.66. The number of esters is 1. The number of carbonyl (C=O) groups excluding carboxylic acids is 4. The average molecular weight is 726 g/mol. The maximum absolute atomic E-state index is 14.3. The predicted octanol–water partition coefficient (Wildman–Crippen LogP) is 7.20. The van der Waals surface area contributed by atoms with Gasteiger partial charge in [-0.15, -0.1) is 0 Å². The van der Waals surface area contributed by atoms with Crippen molar-refractivity contribution >= 4 is 29.7 Å². The minimum Gasteiger partial charge on any atom is -0.481 e. The highest BCUT2D eigenvalue weighted by molar-refractivity contribution is 6.07. The van der Waals surface area contributed by atoms with E-state index in [1.54, 1.807) is 13.8 Å². The predicted molar refractivity (Wildman–Crippen MR) is 200 cm³/mol. The van der Waals surface area contributed by atoms with Crippen molar-refractivity contribution in [3.63, 3.8) is 0 Å². The third-order valence-corrected chi connectivity index (χ3v) is 15.4. The number of ether oxygens (including phenoxy) is 1. The lowest BCUT2D eigenvalue weighted by molar-refractivity contribution is -0.233. The number of allylic oxidation sites excluding steroid dienone is 1. The Labute approximate surface area is 311 Å². The second-order valence-electron chi connectivity index (χ2n) is 19.8. The summed E-state index contributed by atoms with van der Waals surface area (Å²) in [6.07, 6.45) is 7.01. The number of amides is 3. The number of fused-ring (bicyclic) bond motifs is 7. The first-order valence-electron chi connectivity index (χ1n) is 20.0. The molecule has 4 fully saturated rings. The van der Waals surface area contributed by atoms with E-state index < -0.39 is 22.8 Å². The molecule has 4 saturated carbocycles. The number of nitrogens with one attached hydrogen (secondary N) is 3. The summed E-state index contributed by atoms with van der Waals surface area (Å²) >= 11 is 0. The van der Waals surface area contributed by atoms with Crippen LogP contribution >= 0.6 is 0 Å². The fourth-order valence-electron chi connectivity index (χ4n) is 12.6. The van der Waals surface area contributed by atoms with Gasteiger partial charge in [-0.3, -0.25) is 19.2 Å². The molecule has 52 heavy (non-hydrogen) atoms. The van der Waals surface area contributed by atoms with Crippen LogP contribution in [0.3, 0.4) is 0 Å². The molecule has 292 valence electrons. The van der Waals surface area contributed by atoms with Gasteiger partial charge in [0, 0.05) is 31.0 Å². The number of ketones is 1.